The van der Waals surface area contributed by atoms with Crippen molar-refractivity contribution in [2.24, 2.45) is 5.92 Å². The van der Waals surface area contributed by atoms with E-state index in [1.165, 1.54) is 56.2 Å². The van der Waals surface area contributed by atoms with E-state index in [9.17, 15) is 9.18 Å². The van der Waals surface area contributed by atoms with Gasteiger partial charge in [0.25, 0.3) is 0 Å². The summed E-state index contributed by atoms with van der Waals surface area (Å²) in [4.78, 5) is 12.3. The van der Waals surface area contributed by atoms with Gasteiger partial charge in [0.15, 0.2) is 11.6 Å². The van der Waals surface area contributed by atoms with Gasteiger partial charge in [0.05, 0.1) is 12.2 Å². The molecule has 2 aromatic rings. The van der Waals surface area contributed by atoms with Crippen LogP contribution in [0.1, 0.15) is 67.8 Å². The van der Waals surface area contributed by atoms with Crippen LogP contribution in [0.25, 0.3) is 0 Å². The minimum Gasteiger partial charge on any atom is -0.491 e. The third-order valence-corrected chi connectivity index (χ3v) is 5.33. The zero-order chi connectivity index (χ0) is 19.8. The van der Waals surface area contributed by atoms with Gasteiger partial charge in [-0.2, -0.15) is 0 Å². The number of carbonyl (C=O) groups is 1. The molecule has 150 valence electrons. The first-order valence-corrected chi connectivity index (χ1v) is 10.4. The summed E-state index contributed by atoms with van der Waals surface area (Å²) < 4.78 is 24.7. The van der Waals surface area contributed by atoms with Crippen molar-refractivity contribution in [1.29, 1.82) is 0 Å². The summed E-state index contributed by atoms with van der Waals surface area (Å²) in [5.41, 5.74) is 1.43. The molecule has 2 aromatic carbocycles. The normalized spacial score (nSPS) is 14.6. The fraction of sp³-hybridized carbons (Fsp3) is 0.458. The fourth-order valence-corrected chi connectivity index (χ4v) is 3.69. The summed E-state index contributed by atoms with van der Waals surface area (Å²) in [5, 5.41) is 0. The molecule has 0 aliphatic heterocycles. The van der Waals surface area contributed by atoms with E-state index < -0.39 is 11.8 Å². The van der Waals surface area contributed by atoms with Gasteiger partial charge in [0.2, 0.25) is 0 Å². The summed E-state index contributed by atoms with van der Waals surface area (Å²) in [7, 11) is 0. The van der Waals surface area contributed by atoms with Gasteiger partial charge in [-0.25, -0.2) is 9.18 Å². The molecule has 0 saturated heterocycles. The molecule has 28 heavy (non-hydrogen) atoms. The third-order valence-electron chi connectivity index (χ3n) is 5.33. The molecule has 3 rings (SSSR count). The van der Waals surface area contributed by atoms with Gasteiger partial charge in [-0.05, 0) is 61.1 Å². The second-order valence-corrected chi connectivity index (χ2v) is 7.57. The van der Waals surface area contributed by atoms with E-state index in [0.29, 0.717) is 12.4 Å². The molecule has 0 bridgehead atoms. The van der Waals surface area contributed by atoms with Crippen molar-refractivity contribution in [3.63, 3.8) is 0 Å². The van der Waals surface area contributed by atoms with Crippen LogP contribution in [0.15, 0.2) is 42.5 Å². The van der Waals surface area contributed by atoms with Crippen molar-refractivity contribution in [3.05, 3.63) is 59.4 Å². The Balaban J connectivity index is 1.53. The van der Waals surface area contributed by atoms with Crippen LogP contribution in [0.2, 0.25) is 0 Å². The summed E-state index contributed by atoms with van der Waals surface area (Å²) in [6, 6.07) is 11.8. The van der Waals surface area contributed by atoms with E-state index in [-0.39, 0.29) is 11.3 Å². The highest BCUT2D eigenvalue weighted by Gasteiger charge is 2.14. The van der Waals surface area contributed by atoms with Crippen LogP contribution in [-0.2, 0) is 6.42 Å². The van der Waals surface area contributed by atoms with Gasteiger partial charge in [0.1, 0.15) is 5.75 Å². The van der Waals surface area contributed by atoms with Crippen LogP contribution in [0.3, 0.4) is 0 Å². The number of esters is 1. The van der Waals surface area contributed by atoms with E-state index >= 15 is 0 Å². The summed E-state index contributed by atoms with van der Waals surface area (Å²) in [6.07, 6.45) is 9.91. The number of carbonyl (C=O) groups excluding carboxylic acids is 1. The van der Waals surface area contributed by atoms with E-state index in [4.69, 9.17) is 9.47 Å². The topological polar surface area (TPSA) is 35.5 Å². The zero-order valence-electron chi connectivity index (χ0n) is 16.6. The van der Waals surface area contributed by atoms with Gasteiger partial charge in [0, 0.05) is 0 Å². The number of ether oxygens (including phenoxy) is 2. The number of benzene rings is 2. The molecular weight excluding hydrogens is 355 g/mol. The molecule has 0 N–H and O–H groups in total. The van der Waals surface area contributed by atoms with E-state index in [2.05, 4.69) is 0 Å². The minimum absolute atomic E-state index is 0.153. The van der Waals surface area contributed by atoms with Crippen molar-refractivity contribution in [3.8, 4) is 11.5 Å². The molecular formula is C24H29FO3. The highest BCUT2D eigenvalue weighted by atomic mass is 19.1. The first-order chi connectivity index (χ1) is 13.7. The molecule has 0 atom stereocenters. The Morgan fingerprint density at radius 1 is 1.07 bits per heavy atom. The zero-order valence-corrected chi connectivity index (χ0v) is 16.6. The van der Waals surface area contributed by atoms with Crippen molar-refractivity contribution in [2.75, 3.05) is 6.61 Å². The average molecular weight is 384 g/mol. The lowest BCUT2D eigenvalue weighted by atomic mass is 9.85. The number of hydrogen-bond acceptors (Lipinski definition) is 3. The van der Waals surface area contributed by atoms with Gasteiger partial charge in [-0.3, -0.25) is 0 Å². The van der Waals surface area contributed by atoms with Crippen molar-refractivity contribution < 1.29 is 18.7 Å². The Hall–Kier alpha value is -2.36. The average Bonchev–Trinajstić information content (AvgIpc) is 2.73. The van der Waals surface area contributed by atoms with Crippen molar-refractivity contribution >= 4 is 5.97 Å². The fourth-order valence-electron chi connectivity index (χ4n) is 3.69. The lowest BCUT2D eigenvalue weighted by Crippen LogP contribution is -2.09. The van der Waals surface area contributed by atoms with Gasteiger partial charge < -0.3 is 9.47 Å². The first kappa shape index (κ1) is 20.4. The lowest BCUT2D eigenvalue weighted by molar-refractivity contribution is 0.0734. The summed E-state index contributed by atoms with van der Waals surface area (Å²) >= 11 is 0. The smallest absolute Gasteiger partial charge is 0.343 e. The molecule has 1 saturated carbocycles. The van der Waals surface area contributed by atoms with Crippen molar-refractivity contribution in [1.82, 2.24) is 0 Å². The van der Waals surface area contributed by atoms with Gasteiger partial charge in [-0.15, -0.1) is 0 Å². The summed E-state index contributed by atoms with van der Waals surface area (Å²) in [6.45, 7) is 2.39. The van der Waals surface area contributed by atoms with Crippen LogP contribution >= 0.6 is 0 Å². The maximum atomic E-state index is 14.0. The SMILES string of the molecule is CCCOc1ccc(C(=O)Oc2ccc(CCC3CCCCC3)cc2)cc1F. The second-order valence-electron chi connectivity index (χ2n) is 7.57. The predicted molar refractivity (Wildman–Crippen MR) is 108 cm³/mol. The van der Waals surface area contributed by atoms with Crippen LogP contribution in [0.4, 0.5) is 4.39 Å². The molecule has 0 amide bonds. The number of halogens is 1. The molecule has 0 aromatic heterocycles. The Kier molecular flexibility index (Phi) is 7.46. The maximum Gasteiger partial charge on any atom is 0.343 e. The highest BCUT2D eigenvalue weighted by Crippen LogP contribution is 2.28. The third kappa shape index (κ3) is 5.82. The number of aryl methyl sites for hydroxylation is 1. The Morgan fingerprint density at radius 2 is 1.82 bits per heavy atom. The van der Waals surface area contributed by atoms with Crippen LogP contribution in [-0.4, -0.2) is 12.6 Å². The standard InChI is InChI=1S/C24H29FO3/c1-2-16-27-23-15-12-20(17-22(23)25)24(26)28-21-13-10-19(11-14-21)9-8-18-6-4-3-5-7-18/h10-15,17-18H,2-9,16H2,1H3. The molecule has 4 heteroatoms. The quantitative estimate of drug-likeness (QED) is 0.393. The Morgan fingerprint density at radius 3 is 2.50 bits per heavy atom. The Bertz CT molecular complexity index is 764. The highest BCUT2D eigenvalue weighted by molar-refractivity contribution is 5.91. The van der Waals surface area contributed by atoms with Gasteiger partial charge in [-0.1, -0.05) is 51.2 Å². The molecule has 3 nitrogen and oxygen atoms in total. The van der Waals surface area contributed by atoms with E-state index in [1.807, 2.05) is 31.2 Å². The molecule has 1 aliphatic carbocycles. The second kappa shape index (κ2) is 10.3. The maximum absolute atomic E-state index is 14.0. The molecule has 0 unspecified atom stereocenters. The largest absolute Gasteiger partial charge is 0.491 e. The van der Waals surface area contributed by atoms with E-state index in [1.54, 1.807) is 0 Å². The first-order valence-electron chi connectivity index (χ1n) is 10.4. The molecule has 0 radical (unpaired) electrons. The number of rotatable bonds is 8. The van der Waals surface area contributed by atoms with Crippen LogP contribution in [0.5, 0.6) is 11.5 Å². The molecule has 0 heterocycles. The monoisotopic (exact) mass is 384 g/mol. The van der Waals surface area contributed by atoms with Crippen LogP contribution < -0.4 is 9.47 Å². The molecule has 1 fully saturated rings. The summed E-state index contributed by atoms with van der Waals surface area (Å²) in [5.74, 6) is 0.348. The molecule has 0 spiro atoms. The van der Waals surface area contributed by atoms with Crippen LogP contribution in [0, 0.1) is 11.7 Å². The predicted octanol–water partition coefficient (Wildman–Crippen LogP) is 6.35. The lowest BCUT2D eigenvalue weighted by Gasteiger charge is -2.21. The Labute approximate surface area is 166 Å². The minimum atomic E-state index is -0.573. The van der Waals surface area contributed by atoms with Crippen molar-refractivity contribution in [2.45, 2.75) is 58.3 Å². The van der Waals surface area contributed by atoms with Gasteiger partial charge >= 0.3 is 5.97 Å². The molecule has 1 aliphatic rings. The van der Waals surface area contributed by atoms with E-state index in [0.717, 1.165) is 24.8 Å². The number of hydrogen-bond donors (Lipinski definition) is 0.